The normalized spacial score (nSPS) is 21.8. The molecule has 2 amide bonds. The lowest BCUT2D eigenvalue weighted by Crippen LogP contribution is -2.39. The Hall–Kier alpha value is -2.44. The van der Waals surface area contributed by atoms with Crippen LogP contribution >= 0.6 is 0 Å². The number of piperidine rings is 1. The van der Waals surface area contributed by atoms with Crippen molar-refractivity contribution in [3.8, 4) is 0 Å². The number of hydrogen-bond acceptors (Lipinski definition) is 4. The molecular weight excluding hydrogens is 378 g/mol. The van der Waals surface area contributed by atoms with Gasteiger partial charge in [-0.05, 0) is 70.8 Å². The number of nitrogens with one attached hydrogen (secondary N) is 1. The third-order valence-corrected chi connectivity index (χ3v) is 6.78. The molecule has 3 heterocycles. The molecule has 0 bridgehead atoms. The summed E-state index contributed by atoms with van der Waals surface area (Å²) in [7, 11) is 0. The molecule has 1 atom stereocenters. The van der Waals surface area contributed by atoms with Gasteiger partial charge in [-0.3, -0.25) is 9.59 Å². The van der Waals surface area contributed by atoms with Crippen LogP contribution in [0.2, 0.25) is 0 Å². The van der Waals surface area contributed by atoms with Crippen LogP contribution in [0.3, 0.4) is 0 Å². The largest absolute Gasteiger partial charge is 0.353 e. The molecule has 1 aliphatic heterocycles. The molecule has 0 spiro atoms. The maximum absolute atomic E-state index is 12.8. The molecule has 1 saturated heterocycles. The third kappa shape index (κ3) is 3.82. The summed E-state index contributed by atoms with van der Waals surface area (Å²) in [6.45, 7) is 4.90. The van der Waals surface area contributed by atoms with Gasteiger partial charge in [0, 0.05) is 42.4 Å². The summed E-state index contributed by atoms with van der Waals surface area (Å²) in [6.07, 6.45) is 8.59. The van der Waals surface area contributed by atoms with Crippen molar-refractivity contribution in [2.75, 3.05) is 6.54 Å². The van der Waals surface area contributed by atoms with Gasteiger partial charge >= 0.3 is 0 Å². The van der Waals surface area contributed by atoms with E-state index in [-0.39, 0.29) is 17.9 Å². The molecule has 5 rings (SSSR count). The number of hydrogen-bond donors (Lipinski definition) is 1. The fraction of sp³-hybridized carbons (Fsp3) is 0.652. The van der Waals surface area contributed by atoms with Crippen LogP contribution in [0, 0.1) is 19.8 Å². The van der Waals surface area contributed by atoms with Crippen LogP contribution < -0.4 is 5.32 Å². The lowest BCUT2D eigenvalue weighted by atomic mass is 9.98. The molecule has 2 aliphatic carbocycles. The molecule has 0 unspecified atom stereocenters. The molecule has 7 nitrogen and oxygen atoms in total. The number of rotatable bonds is 6. The molecule has 7 heteroatoms. The predicted octanol–water partition coefficient (Wildman–Crippen LogP) is 3.02. The second-order valence-electron chi connectivity index (χ2n) is 9.26. The van der Waals surface area contributed by atoms with Crippen LogP contribution in [-0.2, 0) is 16.0 Å². The van der Waals surface area contributed by atoms with Crippen molar-refractivity contribution in [3.05, 3.63) is 28.7 Å². The molecule has 2 saturated carbocycles. The number of aryl methyl sites for hydroxylation is 2. The van der Waals surface area contributed by atoms with Gasteiger partial charge in [-0.15, -0.1) is 0 Å². The van der Waals surface area contributed by atoms with E-state index in [0.717, 1.165) is 79.8 Å². The Morgan fingerprint density at radius 2 is 1.93 bits per heavy atom. The number of carbonyl (C=O) groups is 2. The zero-order valence-electron chi connectivity index (χ0n) is 18.0. The Labute approximate surface area is 177 Å². The molecule has 1 N–H and O–H groups in total. The van der Waals surface area contributed by atoms with Gasteiger partial charge in [-0.25, -0.2) is 9.50 Å². The van der Waals surface area contributed by atoms with Crippen molar-refractivity contribution in [2.24, 2.45) is 5.92 Å². The van der Waals surface area contributed by atoms with Gasteiger partial charge in [0.15, 0.2) is 5.65 Å². The quantitative estimate of drug-likeness (QED) is 0.795. The molecule has 0 aromatic carbocycles. The van der Waals surface area contributed by atoms with Crippen LogP contribution in [0.5, 0.6) is 0 Å². The van der Waals surface area contributed by atoms with Crippen molar-refractivity contribution in [2.45, 2.75) is 83.7 Å². The summed E-state index contributed by atoms with van der Waals surface area (Å²) in [6, 6.07) is 2.50. The highest BCUT2D eigenvalue weighted by Gasteiger charge is 2.38. The van der Waals surface area contributed by atoms with Gasteiger partial charge in [0.25, 0.3) is 0 Å². The molecule has 0 radical (unpaired) electrons. The van der Waals surface area contributed by atoms with Crippen LogP contribution in [-0.4, -0.2) is 43.9 Å². The molecule has 160 valence electrons. The molecule has 30 heavy (non-hydrogen) atoms. The van der Waals surface area contributed by atoms with Gasteiger partial charge in [0.05, 0.1) is 11.7 Å². The van der Waals surface area contributed by atoms with E-state index in [1.165, 1.54) is 0 Å². The number of fused-ring (bicyclic) bond motifs is 1. The standard InChI is InChI=1S/C23H31N5O2/c1-14-18(10-11-22(29)25-17-8-9-17)15(2)28-21(24-14)13-19(26-28)20-5-3-4-12-27(20)23(30)16-6-7-16/h13,16-17,20H,3-12H2,1-2H3,(H,25,29)/t20-/m0/s1. The summed E-state index contributed by atoms with van der Waals surface area (Å²) in [4.78, 5) is 31.8. The predicted molar refractivity (Wildman–Crippen MR) is 113 cm³/mol. The summed E-state index contributed by atoms with van der Waals surface area (Å²) < 4.78 is 1.91. The highest BCUT2D eigenvalue weighted by atomic mass is 16.2. The van der Waals surface area contributed by atoms with Crippen LogP contribution in [0.15, 0.2) is 6.07 Å². The van der Waals surface area contributed by atoms with Gasteiger partial charge in [0.1, 0.15) is 0 Å². The Bertz CT molecular complexity index is 989. The SMILES string of the molecule is Cc1nc2cc([C@@H]3CCCCN3C(=O)C3CC3)nn2c(C)c1CCC(=O)NC1CC1. The van der Waals surface area contributed by atoms with E-state index >= 15 is 0 Å². The molecule has 2 aromatic heterocycles. The first-order valence-electron chi connectivity index (χ1n) is 11.5. The topological polar surface area (TPSA) is 79.6 Å². The number of amides is 2. The van der Waals surface area contributed by atoms with E-state index in [1.807, 2.05) is 17.5 Å². The van der Waals surface area contributed by atoms with E-state index in [0.29, 0.717) is 24.8 Å². The maximum atomic E-state index is 12.8. The first-order chi connectivity index (χ1) is 14.5. The molecule has 3 fully saturated rings. The van der Waals surface area contributed by atoms with E-state index in [4.69, 9.17) is 10.1 Å². The fourth-order valence-electron chi connectivity index (χ4n) is 4.70. The Morgan fingerprint density at radius 3 is 2.67 bits per heavy atom. The van der Waals surface area contributed by atoms with E-state index in [1.54, 1.807) is 0 Å². The number of likely N-dealkylation sites (tertiary alicyclic amines) is 1. The van der Waals surface area contributed by atoms with Crippen LogP contribution in [0.25, 0.3) is 5.65 Å². The third-order valence-electron chi connectivity index (χ3n) is 6.78. The second-order valence-corrected chi connectivity index (χ2v) is 9.26. The van der Waals surface area contributed by atoms with Crippen LogP contribution in [0.4, 0.5) is 0 Å². The summed E-state index contributed by atoms with van der Waals surface area (Å²) in [5, 5.41) is 7.95. The Morgan fingerprint density at radius 1 is 1.13 bits per heavy atom. The van der Waals surface area contributed by atoms with Crippen molar-refractivity contribution in [3.63, 3.8) is 0 Å². The van der Waals surface area contributed by atoms with Gasteiger partial charge in [-0.1, -0.05) is 0 Å². The average molecular weight is 410 g/mol. The Kier molecular flexibility index (Phi) is 4.99. The van der Waals surface area contributed by atoms with Gasteiger partial charge in [0.2, 0.25) is 11.8 Å². The zero-order valence-corrected chi connectivity index (χ0v) is 18.0. The van der Waals surface area contributed by atoms with E-state index in [2.05, 4.69) is 17.1 Å². The first kappa shape index (κ1) is 19.5. The van der Waals surface area contributed by atoms with Crippen LogP contribution in [0.1, 0.15) is 80.1 Å². The highest BCUT2D eigenvalue weighted by Crippen LogP contribution is 2.38. The van der Waals surface area contributed by atoms with Gasteiger partial charge in [-0.2, -0.15) is 5.10 Å². The van der Waals surface area contributed by atoms with Crippen molar-refractivity contribution in [1.29, 1.82) is 0 Å². The number of nitrogens with zero attached hydrogens (tertiary/aromatic N) is 4. The number of carbonyl (C=O) groups excluding carboxylic acids is 2. The first-order valence-corrected chi connectivity index (χ1v) is 11.5. The van der Waals surface area contributed by atoms with Gasteiger partial charge < -0.3 is 10.2 Å². The number of aromatic nitrogens is 3. The monoisotopic (exact) mass is 409 g/mol. The minimum atomic E-state index is 0.0565. The minimum Gasteiger partial charge on any atom is -0.353 e. The van der Waals surface area contributed by atoms with E-state index in [9.17, 15) is 9.59 Å². The maximum Gasteiger partial charge on any atom is 0.226 e. The molecule has 2 aromatic rings. The molecular formula is C23H31N5O2. The van der Waals surface area contributed by atoms with Crippen molar-refractivity contribution >= 4 is 17.5 Å². The summed E-state index contributed by atoms with van der Waals surface area (Å²) >= 11 is 0. The summed E-state index contributed by atoms with van der Waals surface area (Å²) in [5.41, 5.74) is 4.87. The van der Waals surface area contributed by atoms with E-state index < -0.39 is 0 Å². The second kappa shape index (κ2) is 7.67. The highest BCUT2D eigenvalue weighted by molar-refractivity contribution is 5.81. The Balaban J connectivity index is 1.39. The fourth-order valence-corrected chi connectivity index (χ4v) is 4.70. The zero-order chi connectivity index (χ0) is 20.8. The lowest BCUT2D eigenvalue weighted by Gasteiger charge is -2.35. The lowest BCUT2D eigenvalue weighted by molar-refractivity contribution is -0.136. The molecule has 3 aliphatic rings. The van der Waals surface area contributed by atoms with Crippen molar-refractivity contribution < 1.29 is 9.59 Å². The van der Waals surface area contributed by atoms with Crippen molar-refractivity contribution in [1.82, 2.24) is 24.8 Å². The smallest absolute Gasteiger partial charge is 0.226 e. The summed E-state index contributed by atoms with van der Waals surface area (Å²) in [5.74, 6) is 0.659. The average Bonchev–Trinajstić information content (AvgIpc) is 3.66. The minimum absolute atomic E-state index is 0.0565.